The Kier molecular flexibility index (Phi) is 10.2. The summed E-state index contributed by atoms with van der Waals surface area (Å²) in [6, 6.07) is 15.6. The Bertz CT molecular complexity index is 1150. The van der Waals surface area contributed by atoms with E-state index in [0.29, 0.717) is 6.61 Å². The first-order chi connectivity index (χ1) is 16.4. The average Bonchev–Trinajstić information content (AvgIpc) is 2.84. The highest BCUT2D eigenvalue weighted by Gasteiger charge is 1.99. The van der Waals surface area contributed by atoms with E-state index in [9.17, 15) is 0 Å². The van der Waals surface area contributed by atoms with Crippen LogP contribution in [-0.2, 0) is 0 Å². The molecule has 1 heterocycles. The van der Waals surface area contributed by atoms with Gasteiger partial charge in [-0.3, -0.25) is 9.98 Å². The second kappa shape index (κ2) is 14.5. The van der Waals surface area contributed by atoms with Crippen molar-refractivity contribution in [2.45, 2.75) is 0 Å². The molecule has 0 atom stereocenters. The first-order valence-electron chi connectivity index (χ1n) is 10.6. The third kappa shape index (κ3) is 9.07. The average molecular weight is 435 g/mol. The predicted octanol–water partition coefficient (Wildman–Crippen LogP) is 6.76. The van der Waals surface area contributed by atoms with Gasteiger partial charge in [-0.25, -0.2) is 0 Å². The highest BCUT2D eigenvalue weighted by Crippen LogP contribution is 2.17. The Morgan fingerprint density at radius 3 is 1.82 bits per heavy atom. The van der Waals surface area contributed by atoms with Crippen molar-refractivity contribution >= 4 is 12.4 Å². The highest BCUT2D eigenvalue weighted by molar-refractivity contribution is 5.84. The minimum Gasteiger partial charge on any atom is -0.489 e. The normalized spacial score (nSPS) is 23.3. The predicted molar refractivity (Wildman–Crippen MR) is 138 cm³/mol. The van der Waals surface area contributed by atoms with E-state index in [-0.39, 0.29) is 0 Å². The summed E-state index contributed by atoms with van der Waals surface area (Å²) in [7, 11) is 0. The van der Waals surface area contributed by atoms with Crippen LogP contribution in [0.1, 0.15) is 11.1 Å². The molecule has 4 heteroatoms. The maximum atomic E-state index is 5.86. The number of hydrogen-bond donors (Lipinski definition) is 0. The lowest BCUT2D eigenvalue weighted by Gasteiger charge is -2.05. The fraction of sp³-hybridized carbons (Fsp3) is 0.0345. The molecule has 0 N–H and O–H groups in total. The lowest BCUT2D eigenvalue weighted by atomic mass is 10.2. The molecule has 1 aliphatic rings. The second-order valence-corrected chi connectivity index (χ2v) is 6.66. The van der Waals surface area contributed by atoms with E-state index in [1.165, 1.54) is 0 Å². The molecule has 0 unspecified atom stereocenters. The van der Waals surface area contributed by atoms with Crippen molar-refractivity contribution < 1.29 is 9.47 Å². The van der Waals surface area contributed by atoms with Gasteiger partial charge in [-0.2, -0.15) is 0 Å². The third-order valence-corrected chi connectivity index (χ3v) is 4.24. The number of fused-ring (bicyclic) bond motifs is 2. The van der Waals surface area contributed by atoms with Crippen molar-refractivity contribution in [3.05, 3.63) is 145 Å². The van der Waals surface area contributed by atoms with Crippen molar-refractivity contribution in [2.24, 2.45) is 9.98 Å². The van der Waals surface area contributed by atoms with E-state index in [2.05, 4.69) is 9.98 Å². The summed E-state index contributed by atoms with van der Waals surface area (Å²) in [6.45, 7) is 0.459. The monoisotopic (exact) mass is 434 g/mol. The number of allylic oxidation sites excluding steroid dienone is 10. The molecule has 1 aliphatic heterocycles. The van der Waals surface area contributed by atoms with Gasteiger partial charge in [0.25, 0.3) is 0 Å². The van der Waals surface area contributed by atoms with E-state index >= 15 is 0 Å². The third-order valence-electron chi connectivity index (χ3n) is 4.24. The van der Waals surface area contributed by atoms with E-state index < -0.39 is 0 Å². The highest BCUT2D eigenvalue weighted by atomic mass is 16.5. The van der Waals surface area contributed by atoms with Gasteiger partial charge in [0.15, 0.2) is 0 Å². The smallest absolute Gasteiger partial charge is 0.135 e. The van der Waals surface area contributed by atoms with Crippen LogP contribution in [0.15, 0.2) is 144 Å². The second-order valence-electron chi connectivity index (χ2n) is 6.66. The van der Waals surface area contributed by atoms with Gasteiger partial charge in [0, 0.05) is 36.0 Å². The van der Waals surface area contributed by atoms with Crippen LogP contribution in [0, 0.1) is 0 Å². The molecule has 164 valence electrons. The fourth-order valence-corrected chi connectivity index (χ4v) is 2.67. The summed E-state index contributed by atoms with van der Waals surface area (Å²) in [6.07, 6.45) is 29.6. The lowest BCUT2D eigenvalue weighted by Crippen LogP contribution is -1.96. The Morgan fingerprint density at radius 2 is 1.09 bits per heavy atom. The number of rotatable bonds is 0. The summed E-state index contributed by atoms with van der Waals surface area (Å²) >= 11 is 0. The molecule has 0 aromatic heterocycles. The maximum Gasteiger partial charge on any atom is 0.135 e. The molecule has 33 heavy (non-hydrogen) atoms. The fourth-order valence-electron chi connectivity index (χ4n) is 2.67. The van der Waals surface area contributed by atoms with Crippen LogP contribution in [-0.4, -0.2) is 19.0 Å². The lowest BCUT2D eigenvalue weighted by molar-refractivity contribution is 0.362. The summed E-state index contributed by atoms with van der Waals surface area (Å²) in [5, 5.41) is 0. The quantitative estimate of drug-likeness (QED) is 0.460. The van der Waals surface area contributed by atoms with Gasteiger partial charge in [0.2, 0.25) is 0 Å². The van der Waals surface area contributed by atoms with E-state index in [1.807, 2.05) is 115 Å². The van der Waals surface area contributed by atoms with Gasteiger partial charge >= 0.3 is 0 Å². The van der Waals surface area contributed by atoms with Crippen LogP contribution in [0.4, 0.5) is 0 Å². The number of nitrogens with zero attached hydrogens (tertiary/aromatic N) is 2. The molecule has 2 aromatic carbocycles. The molecule has 0 saturated carbocycles. The first-order valence-corrected chi connectivity index (χ1v) is 10.6. The van der Waals surface area contributed by atoms with Crippen molar-refractivity contribution in [3.63, 3.8) is 0 Å². The van der Waals surface area contributed by atoms with Crippen LogP contribution in [0.3, 0.4) is 0 Å². The number of benzene rings is 2. The summed E-state index contributed by atoms with van der Waals surface area (Å²) in [5.41, 5.74) is 1.82. The standard InChI is InChI=1S/C29H26N2O2/c1-2-5-13-21-31-25-27-17-9-11-19-29(27)33-23-15-7-3-6-14-22-32-28-18-10-8-16-26(28)24-30-20-12-4-1/h1-22,24-25H,23H2/b4-1-,5-2-,6-3-,15-7-,20-12-,21-13+,22-14-,30-24-,31-25-. The zero-order chi connectivity index (χ0) is 22.8. The minimum absolute atomic E-state index is 0.459. The topological polar surface area (TPSA) is 43.2 Å². The summed E-state index contributed by atoms with van der Waals surface area (Å²) < 4.78 is 11.6. The van der Waals surface area contributed by atoms with E-state index in [4.69, 9.17) is 9.47 Å². The molecule has 0 aliphatic carbocycles. The van der Waals surface area contributed by atoms with E-state index in [1.54, 1.807) is 31.1 Å². The maximum absolute atomic E-state index is 5.86. The molecule has 4 nitrogen and oxygen atoms in total. The molecule has 0 fully saturated rings. The molecular formula is C29H26N2O2. The van der Waals surface area contributed by atoms with Crippen LogP contribution < -0.4 is 9.47 Å². The molecule has 3 rings (SSSR count). The van der Waals surface area contributed by atoms with Gasteiger partial charge < -0.3 is 9.47 Å². The van der Waals surface area contributed by atoms with Crippen LogP contribution in [0.25, 0.3) is 0 Å². The Morgan fingerprint density at radius 1 is 0.545 bits per heavy atom. The summed E-state index contributed by atoms with van der Waals surface area (Å²) in [5.74, 6) is 1.52. The Hall–Kier alpha value is -4.44. The number of hydrogen-bond acceptors (Lipinski definition) is 4. The first kappa shape index (κ1) is 23.2. The Balaban J connectivity index is 1.73. The zero-order valence-electron chi connectivity index (χ0n) is 18.3. The number of aliphatic imine (C=N–C) groups is 2. The van der Waals surface area contributed by atoms with Crippen LogP contribution in [0.5, 0.6) is 11.5 Å². The van der Waals surface area contributed by atoms with Crippen molar-refractivity contribution in [1.29, 1.82) is 0 Å². The van der Waals surface area contributed by atoms with E-state index in [0.717, 1.165) is 22.6 Å². The van der Waals surface area contributed by atoms with Gasteiger partial charge in [0.05, 0.1) is 6.26 Å². The van der Waals surface area contributed by atoms with Gasteiger partial charge in [0.1, 0.15) is 18.1 Å². The molecule has 0 bridgehead atoms. The van der Waals surface area contributed by atoms with Gasteiger partial charge in [-0.1, -0.05) is 66.8 Å². The number of para-hydroxylation sites is 2. The van der Waals surface area contributed by atoms with Gasteiger partial charge in [-0.15, -0.1) is 0 Å². The minimum atomic E-state index is 0.459. The largest absolute Gasteiger partial charge is 0.489 e. The SMILES string of the molecule is C1=C\C=C/N=C\c2ccccc2O\C=C/C=C\C=C/COc2ccccc2/C=N\C=C\C=C/1. The van der Waals surface area contributed by atoms with Crippen molar-refractivity contribution in [2.75, 3.05) is 6.61 Å². The molecule has 0 radical (unpaired) electrons. The molecule has 0 amide bonds. The zero-order valence-corrected chi connectivity index (χ0v) is 18.3. The molecule has 0 saturated heterocycles. The molecule has 2 aromatic rings. The van der Waals surface area contributed by atoms with Crippen LogP contribution in [0.2, 0.25) is 0 Å². The number of ether oxygens (including phenoxy) is 2. The van der Waals surface area contributed by atoms with Crippen molar-refractivity contribution in [3.8, 4) is 11.5 Å². The molecule has 0 spiro atoms. The van der Waals surface area contributed by atoms with Gasteiger partial charge in [-0.05, 0) is 48.6 Å². The Labute approximate surface area is 195 Å². The summed E-state index contributed by atoms with van der Waals surface area (Å²) in [4.78, 5) is 8.65. The van der Waals surface area contributed by atoms with Crippen LogP contribution >= 0.6 is 0 Å². The molecular weight excluding hydrogens is 408 g/mol. The van der Waals surface area contributed by atoms with Crippen molar-refractivity contribution in [1.82, 2.24) is 0 Å².